The average molecular weight is 219 g/mol. The van der Waals surface area contributed by atoms with E-state index < -0.39 is 0 Å². The monoisotopic (exact) mass is 219 g/mol. The summed E-state index contributed by atoms with van der Waals surface area (Å²) < 4.78 is 0. The number of thiazole rings is 1. The standard InChI is InChI=1S/C11H13N3S/c1-14(6-9-7-15-8-13-9)11-5-3-2-4-10(11)12/h2-5,7-8H,6,12H2,1H3. The Morgan fingerprint density at radius 1 is 1.40 bits per heavy atom. The van der Waals surface area contributed by atoms with Gasteiger partial charge in [0.2, 0.25) is 0 Å². The van der Waals surface area contributed by atoms with Crippen LogP contribution in [0.3, 0.4) is 0 Å². The fraction of sp³-hybridized carbons (Fsp3) is 0.182. The molecule has 0 radical (unpaired) electrons. The second-order valence-corrected chi connectivity index (χ2v) is 4.11. The summed E-state index contributed by atoms with van der Waals surface area (Å²) >= 11 is 1.61. The van der Waals surface area contributed by atoms with Crippen molar-refractivity contribution in [1.82, 2.24) is 4.98 Å². The summed E-state index contributed by atoms with van der Waals surface area (Å²) in [5, 5.41) is 2.05. The molecule has 3 nitrogen and oxygen atoms in total. The van der Waals surface area contributed by atoms with Crippen LogP contribution in [0.1, 0.15) is 5.69 Å². The zero-order valence-electron chi connectivity index (χ0n) is 8.55. The number of nitrogen functional groups attached to an aromatic ring is 1. The van der Waals surface area contributed by atoms with Crippen LogP contribution < -0.4 is 10.6 Å². The van der Waals surface area contributed by atoms with E-state index in [0.29, 0.717) is 0 Å². The van der Waals surface area contributed by atoms with Gasteiger partial charge in [-0.1, -0.05) is 12.1 Å². The normalized spacial score (nSPS) is 10.2. The van der Waals surface area contributed by atoms with Gasteiger partial charge >= 0.3 is 0 Å². The summed E-state index contributed by atoms with van der Waals surface area (Å²) in [6.45, 7) is 0.789. The molecule has 0 bridgehead atoms. The molecular weight excluding hydrogens is 206 g/mol. The number of nitrogens with zero attached hydrogens (tertiary/aromatic N) is 2. The van der Waals surface area contributed by atoms with Crippen LogP contribution in [0.25, 0.3) is 0 Å². The summed E-state index contributed by atoms with van der Waals surface area (Å²) in [5.74, 6) is 0. The highest BCUT2D eigenvalue weighted by molar-refractivity contribution is 7.07. The van der Waals surface area contributed by atoms with Crippen LogP contribution in [0.15, 0.2) is 35.2 Å². The zero-order valence-corrected chi connectivity index (χ0v) is 9.37. The molecule has 0 fully saturated rings. The molecular formula is C11H13N3S. The first-order valence-electron chi connectivity index (χ1n) is 4.70. The smallest absolute Gasteiger partial charge is 0.0795 e. The molecule has 1 aromatic carbocycles. The van der Waals surface area contributed by atoms with E-state index in [-0.39, 0.29) is 0 Å². The Morgan fingerprint density at radius 2 is 2.20 bits per heavy atom. The molecule has 0 spiro atoms. The molecule has 2 rings (SSSR count). The Morgan fingerprint density at radius 3 is 2.87 bits per heavy atom. The number of hydrogen-bond donors (Lipinski definition) is 1. The van der Waals surface area contributed by atoms with Gasteiger partial charge in [-0.15, -0.1) is 11.3 Å². The largest absolute Gasteiger partial charge is 0.397 e. The van der Waals surface area contributed by atoms with Crippen molar-refractivity contribution in [2.45, 2.75) is 6.54 Å². The Hall–Kier alpha value is -1.55. The second-order valence-electron chi connectivity index (χ2n) is 3.39. The van der Waals surface area contributed by atoms with Crippen molar-refractivity contribution >= 4 is 22.7 Å². The van der Waals surface area contributed by atoms with Crippen molar-refractivity contribution in [3.05, 3.63) is 40.8 Å². The SMILES string of the molecule is CN(Cc1cscn1)c1ccccc1N. The number of benzene rings is 1. The molecule has 0 saturated heterocycles. The first-order valence-corrected chi connectivity index (χ1v) is 5.64. The maximum absolute atomic E-state index is 5.89. The number of aromatic nitrogens is 1. The number of hydrogen-bond acceptors (Lipinski definition) is 4. The minimum absolute atomic E-state index is 0.789. The van der Waals surface area contributed by atoms with E-state index in [9.17, 15) is 0 Å². The lowest BCUT2D eigenvalue weighted by Gasteiger charge is -2.19. The van der Waals surface area contributed by atoms with Crippen LogP contribution in [-0.2, 0) is 6.54 Å². The van der Waals surface area contributed by atoms with E-state index in [1.807, 2.05) is 36.8 Å². The number of para-hydroxylation sites is 2. The Balaban J connectivity index is 2.15. The van der Waals surface area contributed by atoms with Crippen molar-refractivity contribution in [3.8, 4) is 0 Å². The molecule has 2 aromatic rings. The first-order chi connectivity index (χ1) is 7.27. The third-order valence-corrected chi connectivity index (χ3v) is 2.87. The maximum atomic E-state index is 5.89. The fourth-order valence-electron chi connectivity index (χ4n) is 1.48. The number of nitrogens with two attached hydrogens (primary N) is 1. The predicted octanol–water partition coefficient (Wildman–Crippen LogP) is 2.36. The van der Waals surface area contributed by atoms with E-state index >= 15 is 0 Å². The van der Waals surface area contributed by atoms with E-state index in [1.54, 1.807) is 11.3 Å². The van der Waals surface area contributed by atoms with Crippen LogP contribution in [-0.4, -0.2) is 12.0 Å². The van der Waals surface area contributed by atoms with Crippen molar-refractivity contribution in [2.75, 3.05) is 17.7 Å². The van der Waals surface area contributed by atoms with E-state index in [1.165, 1.54) is 0 Å². The van der Waals surface area contributed by atoms with E-state index in [2.05, 4.69) is 15.3 Å². The van der Waals surface area contributed by atoms with Gasteiger partial charge < -0.3 is 10.6 Å². The van der Waals surface area contributed by atoms with Gasteiger partial charge in [0.15, 0.2) is 0 Å². The second kappa shape index (κ2) is 4.31. The highest BCUT2D eigenvalue weighted by Crippen LogP contribution is 2.22. The van der Waals surface area contributed by atoms with Crippen LogP contribution >= 0.6 is 11.3 Å². The van der Waals surface area contributed by atoms with E-state index in [0.717, 1.165) is 23.6 Å². The van der Waals surface area contributed by atoms with Crippen LogP contribution in [0.2, 0.25) is 0 Å². The molecule has 1 aromatic heterocycles. The van der Waals surface area contributed by atoms with Crippen LogP contribution in [0.4, 0.5) is 11.4 Å². The van der Waals surface area contributed by atoms with E-state index in [4.69, 9.17) is 5.73 Å². The van der Waals surface area contributed by atoms with Crippen molar-refractivity contribution < 1.29 is 0 Å². The Bertz CT molecular complexity index is 425. The molecule has 0 aliphatic carbocycles. The average Bonchev–Trinajstić information content (AvgIpc) is 2.71. The van der Waals surface area contributed by atoms with Gasteiger partial charge in [-0.3, -0.25) is 0 Å². The van der Waals surface area contributed by atoms with Gasteiger partial charge in [-0.05, 0) is 12.1 Å². The van der Waals surface area contributed by atoms with Gasteiger partial charge in [0.1, 0.15) is 0 Å². The van der Waals surface area contributed by atoms with Gasteiger partial charge in [0.05, 0.1) is 29.1 Å². The molecule has 4 heteroatoms. The number of rotatable bonds is 3. The van der Waals surface area contributed by atoms with Gasteiger partial charge in [-0.2, -0.15) is 0 Å². The highest BCUT2D eigenvalue weighted by Gasteiger charge is 2.05. The quantitative estimate of drug-likeness (QED) is 0.806. The third-order valence-electron chi connectivity index (χ3n) is 2.23. The molecule has 15 heavy (non-hydrogen) atoms. The van der Waals surface area contributed by atoms with Crippen LogP contribution in [0, 0.1) is 0 Å². The summed E-state index contributed by atoms with van der Waals surface area (Å²) in [5.41, 5.74) is 10.7. The fourth-order valence-corrected chi connectivity index (χ4v) is 2.03. The molecule has 0 unspecified atom stereocenters. The lowest BCUT2D eigenvalue weighted by Crippen LogP contribution is -2.17. The summed E-state index contributed by atoms with van der Waals surface area (Å²) in [6.07, 6.45) is 0. The lowest BCUT2D eigenvalue weighted by atomic mass is 10.2. The first kappa shape index (κ1) is 9.98. The minimum Gasteiger partial charge on any atom is -0.397 e. The highest BCUT2D eigenvalue weighted by atomic mass is 32.1. The van der Waals surface area contributed by atoms with Gasteiger partial charge in [0, 0.05) is 12.4 Å². The van der Waals surface area contributed by atoms with Crippen molar-refractivity contribution in [1.29, 1.82) is 0 Å². The minimum atomic E-state index is 0.789. The molecule has 78 valence electrons. The molecule has 1 heterocycles. The molecule has 0 atom stereocenters. The molecule has 0 saturated carbocycles. The molecule has 0 aliphatic rings. The van der Waals surface area contributed by atoms with Crippen molar-refractivity contribution in [3.63, 3.8) is 0 Å². The number of anilines is 2. The Kier molecular flexibility index (Phi) is 2.87. The topological polar surface area (TPSA) is 42.2 Å². The lowest BCUT2D eigenvalue weighted by molar-refractivity contribution is 0.896. The Labute approximate surface area is 93.2 Å². The van der Waals surface area contributed by atoms with Crippen molar-refractivity contribution in [2.24, 2.45) is 0 Å². The summed E-state index contributed by atoms with van der Waals surface area (Å²) in [6, 6.07) is 7.85. The molecule has 0 amide bonds. The molecule has 0 aliphatic heterocycles. The van der Waals surface area contributed by atoms with Gasteiger partial charge in [0.25, 0.3) is 0 Å². The molecule has 2 N–H and O–H groups in total. The van der Waals surface area contributed by atoms with Gasteiger partial charge in [-0.25, -0.2) is 4.98 Å². The third kappa shape index (κ3) is 2.27. The summed E-state index contributed by atoms with van der Waals surface area (Å²) in [7, 11) is 2.02. The zero-order chi connectivity index (χ0) is 10.7. The summed E-state index contributed by atoms with van der Waals surface area (Å²) in [4.78, 5) is 6.35. The van der Waals surface area contributed by atoms with Crippen LogP contribution in [0.5, 0.6) is 0 Å². The maximum Gasteiger partial charge on any atom is 0.0795 e. The predicted molar refractivity (Wildman–Crippen MR) is 65.1 cm³/mol.